The summed E-state index contributed by atoms with van der Waals surface area (Å²) in [6.07, 6.45) is -16.5. The van der Waals surface area contributed by atoms with Gasteiger partial charge in [0.05, 0.1) is 34.3 Å². The minimum absolute atomic E-state index is 0.00289. The third kappa shape index (κ3) is 9.58. The zero-order valence-corrected chi connectivity index (χ0v) is 32.7. The lowest BCUT2D eigenvalue weighted by Gasteiger charge is -2.48. The van der Waals surface area contributed by atoms with Gasteiger partial charge in [-0.1, -0.05) is 15.9 Å². The SMILES string of the molecule is CN(c1ccc(Br)cc1)S(=O)(=O)c1ccc2[nH]c(=O)c(=O)[nH]c2c1.NC[C@H]1O[C@H](O[C@H]2[C@H](O)[C@@H](O[C@H]3O[C@H](CO)[C@@H](O)[C@H](N)[C@H]3O)[C@H](N)C[C@@H]2N)[C@H](O)[C@@H](O)[C@@H]1O. The molecule has 2 aromatic carbocycles. The number of hydrogen-bond acceptors (Lipinski definition) is 19. The molecule has 1 aliphatic carbocycles. The van der Waals surface area contributed by atoms with E-state index in [-0.39, 0.29) is 23.4 Å². The summed E-state index contributed by atoms with van der Waals surface area (Å²) in [5, 5.41) is 70.9. The van der Waals surface area contributed by atoms with Crippen molar-refractivity contribution in [1.29, 1.82) is 0 Å². The lowest BCUT2D eigenvalue weighted by molar-refractivity contribution is -0.332. The van der Waals surface area contributed by atoms with Crippen molar-refractivity contribution >= 4 is 42.7 Å². The number of nitrogens with one attached hydrogen (secondary N) is 2. The third-order valence-electron chi connectivity index (χ3n) is 10.0. The molecule has 0 amide bonds. The Bertz CT molecular complexity index is 1990. The van der Waals surface area contributed by atoms with Crippen molar-refractivity contribution in [3.8, 4) is 0 Å². The molecule has 15 atom stereocenters. The molecule has 1 saturated carbocycles. The van der Waals surface area contributed by atoms with Gasteiger partial charge in [-0.2, -0.15) is 0 Å². The van der Waals surface area contributed by atoms with Crippen molar-refractivity contribution < 1.29 is 63.1 Å². The molecule has 22 nitrogen and oxygen atoms in total. The summed E-state index contributed by atoms with van der Waals surface area (Å²) in [4.78, 5) is 27.5. The lowest BCUT2D eigenvalue weighted by atomic mass is 9.84. The molecule has 2 aliphatic heterocycles. The van der Waals surface area contributed by atoms with Crippen LogP contribution in [0.15, 0.2) is 61.4 Å². The molecular formula is C33H48BrN7O15S. The van der Waals surface area contributed by atoms with Crippen LogP contribution in [0.2, 0.25) is 0 Å². The number of anilines is 1. The van der Waals surface area contributed by atoms with Crippen molar-refractivity contribution in [2.24, 2.45) is 22.9 Å². The highest BCUT2D eigenvalue weighted by Gasteiger charge is 2.51. The average Bonchev–Trinajstić information content (AvgIpc) is 3.18. The Labute approximate surface area is 333 Å². The molecule has 3 fully saturated rings. The van der Waals surface area contributed by atoms with Crippen LogP contribution in [0.3, 0.4) is 0 Å². The van der Waals surface area contributed by atoms with E-state index in [0.29, 0.717) is 11.2 Å². The predicted octanol–water partition coefficient (Wildman–Crippen LogP) is -5.49. The number of ether oxygens (including phenoxy) is 4. The Morgan fingerprint density at radius 2 is 1.32 bits per heavy atom. The third-order valence-corrected chi connectivity index (χ3v) is 12.3. The second-order valence-corrected chi connectivity index (χ2v) is 16.7. The van der Waals surface area contributed by atoms with Crippen molar-refractivity contribution in [2.45, 2.75) is 103 Å². The first-order valence-corrected chi connectivity index (χ1v) is 19.8. The van der Waals surface area contributed by atoms with E-state index in [1.54, 1.807) is 24.3 Å². The number of rotatable bonds is 9. The van der Waals surface area contributed by atoms with Crippen molar-refractivity contribution in [2.75, 3.05) is 24.5 Å². The maximum Gasteiger partial charge on any atom is 0.314 e. The molecule has 0 unspecified atom stereocenters. The smallest absolute Gasteiger partial charge is 0.314 e. The number of halogens is 1. The molecule has 3 aliphatic rings. The van der Waals surface area contributed by atoms with Gasteiger partial charge in [-0.25, -0.2) is 8.42 Å². The van der Waals surface area contributed by atoms with Crippen LogP contribution in [-0.2, 0) is 29.0 Å². The van der Waals surface area contributed by atoms with Crippen molar-refractivity contribution in [1.82, 2.24) is 9.97 Å². The fraction of sp³-hybridized carbons (Fsp3) is 0.576. The minimum Gasteiger partial charge on any atom is -0.394 e. The van der Waals surface area contributed by atoms with Gasteiger partial charge in [0.1, 0.15) is 61.0 Å². The zero-order chi connectivity index (χ0) is 42.1. The normalized spacial score (nSPS) is 36.0. The summed E-state index contributed by atoms with van der Waals surface area (Å²) in [5.41, 5.74) is 23.0. The van der Waals surface area contributed by atoms with Gasteiger partial charge in [0.2, 0.25) is 0 Å². The zero-order valence-electron chi connectivity index (χ0n) is 30.3. The highest BCUT2D eigenvalue weighted by Crippen LogP contribution is 2.31. The first-order valence-electron chi connectivity index (χ1n) is 17.6. The fourth-order valence-electron chi connectivity index (χ4n) is 6.60. The van der Waals surface area contributed by atoms with E-state index in [1.165, 1.54) is 25.2 Å². The highest BCUT2D eigenvalue weighted by atomic mass is 79.9. The number of nitrogens with zero attached hydrogens (tertiary/aromatic N) is 1. The van der Waals surface area contributed by atoms with E-state index < -0.39 is 119 Å². The van der Waals surface area contributed by atoms with Gasteiger partial charge >= 0.3 is 11.1 Å². The maximum absolute atomic E-state index is 12.8. The Balaban J connectivity index is 0.000000228. The van der Waals surface area contributed by atoms with Gasteiger partial charge in [-0.15, -0.1) is 0 Å². The number of nitrogens with two attached hydrogens (primary N) is 4. The van der Waals surface area contributed by atoms with Gasteiger partial charge in [0.25, 0.3) is 10.0 Å². The number of fused-ring (bicyclic) bond motifs is 1. The van der Waals surface area contributed by atoms with E-state index in [4.69, 9.17) is 41.9 Å². The Hall–Kier alpha value is -2.99. The molecule has 0 bridgehead atoms. The van der Waals surface area contributed by atoms with Crippen LogP contribution >= 0.6 is 15.9 Å². The van der Waals surface area contributed by atoms with E-state index in [9.17, 15) is 53.8 Å². The standard InChI is InChI=1S/C18H36N4O11.C15H12BrN3O4S/c19-2-6-10(25)12(27)13(28)18(30-6)33-16-5(21)1-4(20)15(14(16)29)32-17-11(26)8(22)9(24)7(3-23)31-17;1-19(10-4-2-9(16)3-5-10)24(22,23)11-6-7-12-13(8-11)18-15(21)14(20)17-12/h4-18,23-29H,1-3,19-22H2;2-8H,1H3,(H,17,20)(H,18,21)/t4-,5+,6-,7-,8+,9-,10-,11-,12+,13-,14-,15+,16-,17-,18-;/m1./s1. The molecule has 3 heterocycles. The van der Waals surface area contributed by atoms with Crippen LogP contribution in [0.1, 0.15) is 6.42 Å². The van der Waals surface area contributed by atoms with Gasteiger partial charge < -0.3 is 87.6 Å². The Kier molecular flexibility index (Phi) is 14.6. The molecule has 0 radical (unpaired) electrons. The first-order chi connectivity index (χ1) is 26.8. The van der Waals surface area contributed by atoms with Crippen molar-refractivity contribution in [3.05, 3.63) is 67.6 Å². The molecule has 2 saturated heterocycles. The topological polar surface area (TPSA) is 386 Å². The largest absolute Gasteiger partial charge is 0.394 e. The molecule has 0 spiro atoms. The number of sulfonamides is 1. The summed E-state index contributed by atoms with van der Waals surface area (Å²) in [5.74, 6) is 0. The number of aromatic nitrogens is 2. The fourth-order valence-corrected chi connectivity index (χ4v) is 8.09. The van der Waals surface area contributed by atoms with Crippen LogP contribution in [0, 0.1) is 0 Å². The monoisotopic (exact) mass is 893 g/mol. The molecular weight excluding hydrogens is 846 g/mol. The molecule has 17 N–H and O–H groups in total. The Morgan fingerprint density at radius 3 is 1.88 bits per heavy atom. The van der Waals surface area contributed by atoms with E-state index in [2.05, 4.69) is 25.9 Å². The maximum atomic E-state index is 12.8. The van der Waals surface area contributed by atoms with E-state index >= 15 is 0 Å². The van der Waals surface area contributed by atoms with E-state index in [1.807, 2.05) is 0 Å². The number of aromatic amines is 2. The molecule has 3 aromatic rings. The summed E-state index contributed by atoms with van der Waals surface area (Å²) >= 11 is 3.30. The predicted molar refractivity (Wildman–Crippen MR) is 203 cm³/mol. The van der Waals surface area contributed by atoms with E-state index in [0.717, 1.165) is 8.78 Å². The van der Waals surface area contributed by atoms with Gasteiger partial charge in [-0.3, -0.25) is 13.9 Å². The van der Waals surface area contributed by atoms with Crippen LogP contribution in [0.25, 0.3) is 11.0 Å². The number of hydrogen-bond donors (Lipinski definition) is 13. The highest BCUT2D eigenvalue weighted by molar-refractivity contribution is 9.10. The van der Waals surface area contributed by atoms with Crippen LogP contribution in [0.4, 0.5) is 5.69 Å². The number of H-pyrrole nitrogens is 2. The molecule has 6 rings (SSSR count). The molecule has 318 valence electrons. The van der Waals surface area contributed by atoms with Gasteiger partial charge in [-0.05, 0) is 48.9 Å². The summed E-state index contributed by atoms with van der Waals surface area (Å²) < 4.78 is 49.7. The van der Waals surface area contributed by atoms with Crippen molar-refractivity contribution in [3.63, 3.8) is 0 Å². The minimum atomic E-state index is -3.82. The van der Waals surface area contributed by atoms with Crippen LogP contribution in [0.5, 0.6) is 0 Å². The Morgan fingerprint density at radius 1 is 0.772 bits per heavy atom. The second kappa shape index (κ2) is 18.5. The van der Waals surface area contributed by atoms with Crippen LogP contribution < -0.4 is 38.4 Å². The van der Waals surface area contributed by atoms with Crippen LogP contribution in [-0.4, -0.2) is 166 Å². The second-order valence-electron chi connectivity index (χ2n) is 13.9. The number of aliphatic hydroxyl groups excluding tert-OH is 7. The average molecular weight is 895 g/mol. The number of aliphatic hydroxyl groups is 7. The molecule has 1 aromatic heterocycles. The van der Waals surface area contributed by atoms with Gasteiger partial charge in [0.15, 0.2) is 12.6 Å². The summed E-state index contributed by atoms with van der Waals surface area (Å²) in [6.45, 7) is -0.763. The van der Waals surface area contributed by atoms with Gasteiger partial charge in [0, 0.05) is 30.1 Å². The number of benzene rings is 2. The first kappa shape index (κ1) is 45.1. The quantitative estimate of drug-likeness (QED) is 0.0891. The lowest BCUT2D eigenvalue weighted by Crippen LogP contribution is -2.68. The molecule has 57 heavy (non-hydrogen) atoms. The molecule has 24 heteroatoms. The summed E-state index contributed by atoms with van der Waals surface area (Å²) in [7, 11) is -2.37. The summed E-state index contributed by atoms with van der Waals surface area (Å²) in [6, 6.07) is 8.09.